The van der Waals surface area contributed by atoms with Crippen LogP contribution in [0.3, 0.4) is 0 Å². The van der Waals surface area contributed by atoms with Gasteiger partial charge in [0, 0.05) is 5.71 Å². The van der Waals surface area contributed by atoms with E-state index >= 15 is 0 Å². The maximum atomic E-state index is 5.71. The quantitative estimate of drug-likeness (QED) is 0.510. The van der Waals surface area contributed by atoms with Crippen LogP contribution in [0.2, 0.25) is 0 Å². The molecule has 0 aliphatic rings. The van der Waals surface area contributed by atoms with Gasteiger partial charge in [-0.1, -0.05) is 53.0 Å². The Morgan fingerprint density at radius 3 is 2.29 bits per heavy atom. The number of aliphatic imine (C=N–C) groups is 1. The minimum Gasteiger partial charge on any atom is -0.253 e. The summed E-state index contributed by atoms with van der Waals surface area (Å²) in [6.07, 6.45) is 1.56. The zero-order valence-electron chi connectivity index (χ0n) is 9.97. The number of aryl methyl sites for hydroxylation is 1. The summed E-state index contributed by atoms with van der Waals surface area (Å²) in [5.74, 6) is 0. The molecule has 0 radical (unpaired) electrons. The Kier molecular flexibility index (Phi) is 5.05. The Bertz CT molecular complexity index is 456. The fourth-order valence-electron chi connectivity index (χ4n) is 1.31. The summed E-state index contributed by atoms with van der Waals surface area (Å²) in [4.78, 5) is 4.52. The van der Waals surface area contributed by atoms with Gasteiger partial charge in [-0.05, 0) is 44.1 Å². The Labute approximate surface area is 117 Å². The molecule has 1 rings (SSSR count). The molecular weight excluding hydrogens is 277 g/mol. The van der Waals surface area contributed by atoms with E-state index < -0.39 is 3.79 Å². The van der Waals surface area contributed by atoms with Crippen molar-refractivity contribution < 1.29 is 0 Å². The fourth-order valence-corrected chi connectivity index (χ4v) is 1.80. The molecule has 1 aromatic rings. The van der Waals surface area contributed by atoms with Crippen LogP contribution >= 0.6 is 34.8 Å². The molecule has 0 saturated carbocycles. The van der Waals surface area contributed by atoms with Gasteiger partial charge in [-0.2, -0.15) is 0 Å². The average molecular weight is 291 g/mol. The maximum absolute atomic E-state index is 5.71. The second kappa shape index (κ2) is 5.90. The lowest BCUT2D eigenvalue weighted by atomic mass is 10.1. The molecule has 0 heterocycles. The number of hydrogen-bond donors (Lipinski definition) is 0. The molecule has 0 unspecified atom stereocenters. The monoisotopic (exact) mass is 289 g/mol. The molecular formula is C13H14Cl3N. The number of hydrogen-bond acceptors (Lipinski definition) is 1. The first-order chi connectivity index (χ1) is 7.79. The van der Waals surface area contributed by atoms with Crippen LogP contribution in [-0.4, -0.2) is 9.50 Å². The molecule has 0 atom stereocenters. The van der Waals surface area contributed by atoms with E-state index in [0.29, 0.717) is 0 Å². The molecule has 4 heteroatoms. The van der Waals surface area contributed by atoms with Crippen LogP contribution in [0.4, 0.5) is 5.69 Å². The zero-order valence-corrected chi connectivity index (χ0v) is 12.2. The number of benzene rings is 1. The number of allylic oxidation sites excluding steroid dienone is 2. The molecule has 92 valence electrons. The van der Waals surface area contributed by atoms with Crippen LogP contribution in [0, 0.1) is 6.92 Å². The van der Waals surface area contributed by atoms with E-state index in [2.05, 4.69) is 4.99 Å². The van der Waals surface area contributed by atoms with Gasteiger partial charge in [0.15, 0.2) is 0 Å². The van der Waals surface area contributed by atoms with Gasteiger partial charge >= 0.3 is 0 Å². The van der Waals surface area contributed by atoms with Crippen LogP contribution in [0.15, 0.2) is 40.9 Å². The minimum atomic E-state index is -1.38. The Morgan fingerprint density at radius 1 is 1.18 bits per heavy atom. The third-order valence-electron chi connectivity index (χ3n) is 2.35. The lowest BCUT2D eigenvalue weighted by Gasteiger charge is -2.08. The first kappa shape index (κ1) is 14.6. The van der Waals surface area contributed by atoms with Crippen molar-refractivity contribution in [3.63, 3.8) is 0 Å². The van der Waals surface area contributed by atoms with Gasteiger partial charge in [0.2, 0.25) is 3.79 Å². The van der Waals surface area contributed by atoms with Crippen molar-refractivity contribution in [3.05, 3.63) is 41.5 Å². The minimum absolute atomic E-state index is 0.839. The second-order valence-electron chi connectivity index (χ2n) is 3.85. The number of nitrogens with zero attached hydrogens (tertiary/aromatic N) is 1. The number of halogens is 3. The zero-order chi connectivity index (χ0) is 13.1. The van der Waals surface area contributed by atoms with Crippen molar-refractivity contribution in [2.24, 2.45) is 4.99 Å². The highest BCUT2D eigenvalue weighted by molar-refractivity contribution is 6.69. The van der Waals surface area contributed by atoms with Crippen molar-refractivity contribution in [2.45, 2.75) is 24.6 Å². The van der Waals surface area contributed by atoms with Crippen LogP contribution in [0.1, 0.15) is 19.4 Å². The van der Waals surface area contributed by atoms with Gasteiger partial charge in [-0.3, -0.25) is 4.99 Å². The number of para-hydroxylation sites is 1. The van der Waals surface area contributed by atoms with Crippen LogP contribution in [0.5, 0.6) is 0 Å². The summed E-state index contributed by atoms with van der Waals surface area (Å²) >= 11 is 17.1. The van der Waals surface area contributed by atoms with Gasteiger partial charge < -0.3 is 0 Å². The summed E-state index contributed by atoms with van der Waals surface area (Å²) in [6.45, 7) is 5.79. The molecule has 0 aromatic heterocycles. The van der Waals surface area contributed by atoms with Crippen molar-refractivity contribution >= 4 is 46.2 Å². The van der Waals surface area contributed by atoms with Crippen LogP contribution < -0.4 is 0 Å². The normalized spacial score (nSPS) is 14.0. The third kappa shape index (κ3) is 5.12. The summed E-state index contributed by atoms with van der Waals surface area (Å²) in [6, 6.07) is 7.91. The molecule has 0 aliphatic carbocycles. The molecule has 0 aliphatic heterocycles. The predicted molar refractivity (Wildman–Crippen MR) is 78.0 cm³/mol. The van der Waals surface area contributed by atoms with Crippen molar-refractivity contribution in [1.29, 1.82) is 0 Å². The lowest BCUT2D eigenvalue weighted by Crippen LogP contribution is -2.02. The van der Waals surface area contributed by atoms with Gasteiger partial charge in [0.1, 0.15) is 0 Å². The van der Waals surface area contributed by atoms with Gasteiger partial charge in [0.25, 0.3) is 0 Å². The SMILES string of the molecule is CC(=C/C(Cl)(Cl)Cl)/C(C)=N/c1ccccc1C. The van der Waals surface area contributed by atoms with E-state index in [1.165, 1.54) is 0 Å². The fraction of sp³-hybridized carbons (Fsp3) is 0.308. The highest BCUT2D eigenvalue weighted by Gasteiger charge is 2.16. The van der Waals surface area contributed by atoms with E-state index in [9.17, 15) is 0 Å². The summed E-state index contributed by atoms with van der Waals surface area (Å²) < 4.78 is -1.38. The summed E-state index contributed by atoms with van der Waals surface area (Å²) in [7, 11) is 0. The number of alkyl halides is 3. The van der Waals surface area contributed by atoms with Gasteiger partial charge in [0.05, 0.1) is 5.69 Å². The first-order valence-corrected chi connectivity index (χ1v) is 6.30. The highest BCUT2D eigenvalue weighted by atomic mass is 35.6. The Morgan fingerprint density at radius 2 is 1.76 bits per heavy atom. The molecule has 0 saturated heterocycles. The number of rotatable bonds is 2. The van der Waals surface area contributed by atoms with Crippen LogP contribution in [-0.2, 0) is 0 Å². The largest absolute Gasteiger partial charge is 0.253 e. The highest BCUT2D eigenvalue weighted by Crippen LogP contribution is 2.29. The summed E-state index contributed by atoms with van der Waals surface area (Å²) in [5, 5.41) is 0. The predicted octanol–water partition coefficient (Wildman–Crippen LogP) is 5.40. The molecule has 0 amide bonds. The van der Waals surface area contributed by atoms with Crippen molar-refractivity contribution in [2.75, 3.05) is 0 Å². The van der Waals surface area contributed by atoms with E-state index in [1.54, 1.807) is 6.08 Å². The molecule has 1 nitrogen and oxygen atoms in total. The maximum Gasteiger partial charge on any atom is 0.209 e. The molecule has 0 N–H and O–H groups in total. The molecule has 0 fully saturated rings. The van der Waals surface area contributed by atoms with Gasteiger partial charge in [-0.25, -0.2) is 0 Å². The lowest BCUT2D eigenvalue weighted by molar-refractivity contribution is 1.35. The van der Waals surface area contributed by atoms with Crippen molar-refractivity contribution in [1.82, 2.24) is 0 Å². The first-order valence-electron chi connectivity index (χ1n) is 5.17. The third-order valence-corrected chi connectivity index (χ3v) is 2.68. The van der Waals surface area contributed by atoms with Crippen LogP contribution in [0.25, 0.3) is 0 Å². The average Bonchev–Trinajstić information content (AvgIpc) is 2.18. The molecule has 0 spiro atoms. The Hall–Kier alpha value is -0.500. The smallest absolute Gasteiger partial charge is 0.209 e. The van der Waals surface area contributed by atoms with E-state index in [0.717, 1.165) is 22.5 Å². The van der Waals surface area contributed by atoms with Crippen molar-refractivity contribution in [3.8, 4) is 0 Å². The topological polar surface area (TPSA) is 12.4 Å². The molecule has 0 bridgehead atoms. The van der Waals surface area contributed by atoms with E-state index in [4.69, 9.17) is 34.8 Å². The van der Waals surface area contributed by atoms with E-state index in [1.807, 2.05) is 45.0 Å². The van der Waals surface area contributed by atoms with E-state index in [-0.39, 0.29) is 0 Å². The second-order valence-corrected chi connectivity index (χ2v) is 6.22. The standard InChI is InChI=1S/C13H14Cl3N/c1-9-6-4-5-7-12(9)17-11(3)10(2)8-13(14,15)16/h4-8H,1-3H3/b10-8-,17-11+. The van der Waals surface area contributed by atoms with Gasteiger partial charge in [-0.15, -0.1) is 0 Å². The summed E-state index contributed by atoms with van der Waals surface area (Å²) in [5.41, 5.74) is 3.74. The molecule has 17 heavy (non-hydrogen) atoms. The molecule has 1 aromatic carbocycles. The Balaban J connectivity index is 3.02.